The number of allylic oxidation sites excluding steroid dienone is 6. The summed E-state index contributed by atoms with van der Waals surface area (Å²) in [7, 11) is 0. The van der Waals surface area contributed by atoms with E-state index in [0.29, 0.717) is 0 Å². The Hall–Kier alpha value is -1.85. The first-order valence-corrected chi connectivity index (χ1v) is 13.5. The number of carbonyl (C=O) groups excluding carboxylic acids is 3. The average Bonchev–Trinajstić information content (AvgIpc) is 2.64. The average molecular weight is 605 g/mol. The molecule has 0 spiro atoms. The molecule has 0 aliphatic carbocycles. The third-order valence-electron chi connectivity index (χ3n) is 5.22. The van der Waals surface area contributed by atoms with E-state index in [1.165, 1.54) is 18.2 Å². The number of rotatable bonds is 3. The smallest absolute Gasteiger partial charge is 0.875 e. The summed E-state index contributed by atoms with van der Waals surface area (Å²) in [5.41, 5.74) is -2.74. The van der Waals surface area contributed by atoms with Crippen LogP contribution in [0, 0.1) is 32.5 Å². The van der Waals surface area contributed by atoms with Gasteiger partial charge < -0.3 is 15.3 Å². The molecule has 40 heavy (non-hydrogen) atoms. The molecule has 0 bridgehead atoms. The molecule has 0 heterocycles. The molecule has 0 unspecified atom stereocenters. The fourth-order valence-electron chi connectivity index (χ4n) is 1.66. The van der Waals surface area contributed by atoms with Crippen LogP contribution in [0.25, 0.3) is 0 Å². The monoisotopic (exact) mass is 604 g/mol. The Bertz CT molecular complexity index is 801. The van der Waals surface area contributed by atoms with Crippen molar-refractivity contribution in [1.29, 1.82) is 0 Å². The van der Waals surface area contributed by atoms with Crippen LogP contribution >= 0.6 is 0 Å². The molecule has 0 radical (unpaired) electrons. The minimum Gasteiger partial charge on any atom is -0.875 e. The molecule has 6 nitrogen and oxygen atoms in total. The van der Waals surface area contributed by atoms with Crippen LogP contribution in [-0.2, 0) is 31.5 Å². The fraction of sp³-hybridized carbons (Fsp3) is 0.727. The van der Waals surface area contributed by atoms with Gasteiger partial charge in [-0.25, -0.2) is 0 Å². The summed E-state index contributed by atoms with van der Waals surface area (Å²) in [4.78, 5) is 34.3. The molecule has 0 atom stereocenters. The molecule has 0 aromatic heterocycles. The first-order chi connectivity index (χ1) is 16.6. The molecule has 0 N–H and O–H groups in total. The van der Waals surface area contributed by atoms with Crippen molar-refractivity contribution in [3.63, 3.8) is 0 Å². The summed E-state index contributed by atoms with van der Waals surface area (Å²) in [5, 5.41) is 34.3. The van der Waals surface area contributed by atoms with Gasteiger partial charge in [0.2, 0.25) is 0 Å². The van der Waals surface area contributed by atoms with Gasteiger partial charge in [-0.2, -0.15) is 0 Å². The number of hydrogen-bond acceptors (Lipinski definition) is 6. The van der Waals surface area contributed by atoms with Gasteiger partial charge in [0.25, 0.3) is 0 Å². The standard InChI is InChI=1S/3C11H20O2.Mn/c3*1-10(2,3)8(12)7-9(13)11(4,5)6;/h3*7,12H,1-6H3;/q;;;+3/p-3/b3*8-7-;. The van der Waals surface area contributed by atoms with Crippen LogP contribution < -0.4 is 15.3 Å². The Labute approximate surface area is 256 Å². The minimum atomic E-state index is -0.457. The molecule has 7 heteroatoms. The predicted octanol–water partition coefficient (Wildman–Crippen LogP) is 5.67. The molecule has 0 aliphatic rings. The summed E-state index contributed by atoms with van der Waals surface area (Å²) in [6.07, 6.45) is 3.67. The van der Waals surface area contributed by atoms with Crippen molar-refractivity contribution >= 4 is 17.3 Å². The van der Waals surface area contributed by atoms with Crippen molar-refractivity contribution in [3.8, 4) is 0 Å². The van der Waals surface area contributed by atoms with E-state index in [0.717, 1.165) is 0 Å². The van der Waals surface area contributed by atoms with Crippen LogP contribution in [0.3, 0.4) is 0 Å². The number of ketones is 3. The normalized spacial score (nSPS) is 14.1. The summed E-state index contributed by atoms with van der Waals surface area (Å²) >= 11 is 0. The maximum absolute atomic E-state index is 11.4. The van der Waals surface area contributed by atoms with Crippen LogP contribution in [0.1, 0.15) is 125 Å². The Morgan fingerprint density at radius 3 is 0.550 bits per heavy atom. The van der Waals surface area contributed by atoms with Crippen molar-refractivity contribution in [1.82, 2.24) is 0 Å². The maximum Gasteiger partial charge on any atom is 3.00 e. The number of hydrogen-bond donors (Lipinski definition) is 0. The van der Waals surface area contributed by atoms with E-state index in [4.69, 9.17) is 0 Å². The zero-order valence-corrected chi connectivity index (χ0v) is 29.7. The van der Waals surface area contributed by atoms with Crippen molar-refractivity contribution in [2.45, 2.75) is 125 Å². The maximum atomic E-state index is 11.4. The van der Waals surface area contributed by atoms with Crippen LogP contribution in [0.2, 0.25) is 0 Å². The van der Waals surface area contributed by atoms with E-state index in [2.05, 4.69) is 0 Å². The molecule has 0 aromatic carbocycles. The van der Waals surface area contributed by atoms with Gasteiger partial charge in [-0.1, -0.05) is 125 Å². The molecule has 0 rings (SSSR count). The van der Waals surface area contributed by atoms with Crippen LogP contribution in [0.4, 0.5) is 0 Å². The second kappa shape index (κ2) is 16.0. The van der Waals surface area contributed by atoms with Gasteiger partial charge >= 0.3 is 17.1 Å². The van der Waals surface area contributed by atoms with Gasteiger partial charge in [0.05, 0.1) is 0 Å². The summed E-state index contributed by atoms with van der Waals surface area (Å²) in [6, 6.07) is 0. The van der Waals surface area contributed by atoms with Crippen LogP contribution in [0.15, 0.2) is 35.5 Å². The third kappa shape index (κ3) is 21.0. The second-order valence-corrected chi connectivity index (χ2v) is 16.1. The Morgan fingerprint density at radius 2 is 0.475 bits per heavy atom. The van der Waals surface area contributed by atoms with E-state index >= 15 is 0 Å². The molecule has 0 aliphatic heterocycles. The SMILES string of the molecule is CC(C)(C)C(=O)/C=C(\[O-])C(C)(C)C.CC(C)(C)C(=O)/C=C(\[O-])C(C)(C)C.CC(C)(C)C(=O)/C=C(\[O-])C(C)(C)C.[Mn+3]. The van der Waals surface area contributed by atoms with E-state index in [-0.39, 0.29) is 51.7 Å². The Balaban J connectivity index is -0.000000240. The van der Waals surface area contributed by atoms with Crippen molar-refractivity contribution in [3.05, 3.63) is 35.5 Å². The summed E-state index contributed by atoms with van der Waals surface area (Å²) in [5.74, 6) is -0.625. The Kier molecular flexibility index (Phi) is 18.0. The van der Waals surface area contributed by atoms with Crippen molar-refractivity contribution in [2.24, 2.45) is 32.5 Å². The topological polar surface area (TPSA) is 120 Å². The minimum absolute atomic E-state index is 0. The van der Waals surface area contributed by atoms with Gasteiger partial charge in [0.15, 0.2) is 17.3 Å². The first-order valence-electron chi connectivity index (χ1n) is 13.5. The van der Waals surface area contributed by atoms with Gasteiger partial charge in [0.1, 0.15) is 0 Å². The summed E-state index contributed by atoms with van der Waals surface area (Å²) in [6.45, 7) is 32.5. The van der Waals surface area contributed by atoms with E-state index in [9.17, 15) is 29.7 Å². The molecule has 0 saturated carbocycles. The first kappa shape index (κ1) is 45.1. The Morgan fingerprint density at radius 1 is 0.350 bits per heavy atom. The van der Waals surface area contributed by atoms with Crippen molar-refractivity contribution < 1.29 is 46.8 Å². The number of carbonyl (C=O) groups is 3. The third-order valence-corrected chi connectivity index (χ3v) is 5.22. The van der Waals surface area contributed by atoms with Gasteiger partial charge in [0, 0.05) is 16.2 Å². The van der Waals surface area contributed by atoms with E-state index < -0.39 is 32.5 Å². The summed E-state index contributed by atoms with van der Waals surface area (Å²) < 4.78 is 0. The molecule has 232 valence electrons. The van der Waals surface area contributed by atoms with Crippen LogP contribution in [-0.4, -0.2) is 17.3 Å². The molecular weight excluding hydrogens is 547 g/mol. The zero-order valence-electron chi connectivity index (χ0n) is 28.6. The second-order valence-electron chi connectivity index (χ2n) is 16.1. The molecule has 0 saturated heterocycles. The van der Waals surface area contributed by atoms with E-state index in [1.807, 2.05) is 125 Å². The molecular formula is C33H57MnO6. The molecule has 0 aromatic rings. The van der Waals surface area contributed by atoms with Crippen molar-refractivity contribution in [2.75, 3.05) is 0 Å². The largest absolute Gasteiger partial charge is 3.00 e. The van der Waals surface area contributed by atoms with Gasteiger partial charge in [-0.3, -0.25) is 14.4 Å². The van der Waals surface area contributed by atoms with E-state index in [1.54, 1.807) is 0 Å². The zero-order chi connectivity index (χ0) is 32.6. The quantitative estimate of drug-likeness (QED) is 0.232. The predicted molar refractivity (Wildman–Crippen MR) is 156 cm³/mol. The van der Waals surface area contributed by atoms with Gasteiger partial charge in [-0.15, -0.1) is 17.3 Å². The van der Waals surface area contributed by atoms with Crippen LogP contribution in [0.5, 0.6) is 0 Å². The fourth-order valence-corrected chi connectivity index (χ4v) is 1.66. The van der Waals surface area contributed by atoms with Gasteiger partial charge in [-0.05, 0) is 34.5 Å². The molecule has 0 fully saturated rings. The molecule has 0 amide bonds.